The highest BCUT2D eigenvalue weighted by atomic mass is 32.1. The van der Waals surface area contributed by atoms with Gasteiger partial charge in [-0.1, -0.05) is 36.4 Å². The molecule has 1 aliphatic heterocycles. The predicted octanol–water partition coefficient (Wildman–Crippen LogP) is 4.76. The minimum atomic E-state index is -0.523. The fourth-order valence-electron chi connectivity index (χ4n) is 3.61. The standard InChI is InChI=1S/C21H21NO2S2/c23-20(21(9-11-24-12-10-21)17-5-2-1-3-6-17)22-19(16-8-14-25-15-16)18-7-4-13-26-18/h1-8,13-15,19H,9-12H2,(H,22,23)/t19-/m1/s1. The molecule has 0 radical (unpaired) electrons. The summed E-state index contributed by atoms with van der Waals surface area (Å²) in [7, 11) is 0. The van der Waals surface area contributed by atoms with E-state index in [0.29, 0.717) is 26.1 Å². The minimum Gasteiger partial charge on any atom is -0.381 e. The lowest BCUT2D eigenvalue weighted by atomic mass is 9.73. The topological polar surface area (TPSA) is 38.3 Å². The third-order valence-electron chi connectivity index (χ3n) is 5.09. The Morgan fingerprint density at radius 2 is 1.85 bits per heavy atom. The Bertz CT molecular complexity index is 788. The van der Waals surface area contributed by atoms with Crippen molar-refractivity contribution in [1.82, 2.24) is 5.32 Å². The number of thiophene rings is 2. The second-order valence-corrected chi connectivity index (χ2v) is 8.30. The van der Waals surface area contributed by atoms with Crippen LogP contribution >= 0.6 is 22.7 Å². The zero-order chi connectivity index (χ0) is 17.8. The largest absolute Gasteiger partial charge is 0.381 e. The van der Waals surface area contributed by atoms with Crippen LogP contribution in [0.4, 0.5) is 0 Å². The number of carbonyl (C=O) groups excluding carboxylic acids is 1. The third-order valence-corrected chi connectivity index (χ3v) is 6.73. The van der Waals surface area contributed by atoms with Gasteiger partial charge in [-0.3, -0.25) is 4.79 Å². The maximum Gasteiger partial charge on any atom is 0.231 e. The average Bonchev–Trinajstić information content (AvgIpc) is 3.41. The molecule has 1 aliphatic rings. The summed E-state index contributed by atoms with van der Waals surface area (Å²) in [4.78, 5) is 14.7. The van der Waals surface area contributed by atoms with Gasteiger partial charge in [-0.25, -0.2) is 0 Å². The van der Waals surface area contributed by atoms with Gasteiger partial charge < -0.3 is 10.1 Å². The van der Waals surface area contributed by atoms with Crippen LogP contribution in [0.5, 0.6) is 0 Å². The molecule has 134 valence electrons. The van der Waals surface area contributed by atoms with Crippen LogP contribution in [0, 0.1) is 0 Å². The Kier molecular flexibility index (Phi) is 5.20. The molecule has 4 rings (SSSR count). The number of rotatable bonds is 5. The predicted molar refractivity (Wildman–Crippen MR) is 107 cm³/mol. The molecule has 2 aromatic heterocycles. The molecule has 3 nitrogen and oxygen atoms in total. The Morgan fingerprint density at radius 1 is 1.04 bits per heavy atom. The van der Waals surface area contributed by atoms with E-state index in [9.17, 15) is 4.79 Å². The fourth-order valence-corrected chi connectivity index (χ4v) is 5.10. The molecule has 3 heterocycles. The SMILES string of the molecule is O=C(N[C@H](c1ccsc1)c1cccs1)C1(c2ccccc2)CCOCC1. The van der Waals surface area contributed by atoms with Gasteiger partial charge in [-0.15, -0.1) is 11.3 Å². The van der Waals surface area contributed by atoms with E-state index in [1.54, 1.807) is 22.7 Å². The molecule has 0 spiro atoms. The lowest BCUT2D eigenvalue weighted by molar-refractivity contribution is -0.131. The van der Waals surface area contributed by atoms with E-state index in [1.807, 2.05) is 24.3 Å². The van der Waals surface area contributed by atoms with Gasteiger partial charge in [0.25, 0.3) is 0 Å². The molecule has 3 aromatic rings. The van der Waals surface area contributed by atoms with E-state index < -0.39 is 5.41 Å². The molecule has 0 aliphatic carbocycles. The molecule has 1 fully saturated rings. The average molecular weight is 384 g/mol. The van der Waals surface area contributed by atoms with Crippen molar-refractivity contribution >= 4 is 28.6 Å². The first kappa shape index (κ1) is 17.5. The van der Waals surface area contributed by atoms with Crippen molar-refractivity contribution in [1.29, 1.82) is 0 Å². The summed E-state index contributed by atoms with van der Waals surface area (Å²) in [5, 5.41) is 9.59. The van der Waals surface area contributed by atoms with Crippen molar-refractivity contribution in [3.05, 3.63) is 80.7 Å². The maximum atomic E-state index is 13.6. The van der Waals surface area contributed by atoms with Gasteiger partial charge in [0.05, 0.1) is 11.5 Å². The number of hydrogen-bond donors (Lipinski definition) is 1. The first-order valence-corrected chi connectivity index (χ1v) is 10.6. The molecular formula is C21H21NO2S2. The molecule has 0 saturated carbocycles. The Balaban J connectivity index is 1.67. The van der Waals surface area contributed by atoms with Crippen LogP contribution in [0.25, 0.3) is 0 Å². The van der Waals surface area contributed by atoms with Crippen LogP contribution in [0.2, 0.25) is 0 Å². The summed E-state index contributed by atoms with van der Waals surface area (Å²) < 4.78 is 5.57. The van der Waals surface area contributed by atoms with Gasteiger partial charge in [-0.05, 0) is 52.2 Å². The quantitative estimate of drug-likeness (QED) is 0.690. The van der Waals surface area contributed by atoms with Crippen LogP contribution in [0.3, 0.4) is 0 Å². The molecule has 1 amide bonds. The normalized spacial score (nSPS) is 17.5. The molecule has 1 saturated heterocycles. The minimum absolute atomic E-state index is 0.0941. The highest BCUT2D eigenvalue weighted by molar-refractivity contribution is 7.10. The van der Waals surface area contributed by atoms with Crippen LogP contribution in [0.15, 0.2) is 64.7 Å². The van der Waals surface area contributed by atoms with E-state index in [0.717, 1.165) is 16.0 Å². The Morgan fingerprint density at radius 3 is 2.50 bits per heavy atom. The number of nitrogens with one attached hydrogen (secondary N) is 1. The van der Waals surface area contributed by atoms with Crippen LogP contribution in [-0.2, 0) is 14.9 Å². The lowest BCUT2D eigenvalue weighted by Gasteiger charge is -2.37. The molecule has 0 unspecified atom stereocenters. The molecule has 1 N–H and O–H groups in total. The Labute approximate surface area is 161 Å². The lowest BCUT2D eigenvalue weighted by Crippen LogP contribution is -2.49. The zero-order valence-electron chi connectivity index (χ0n) is 14.4. The van der Waals surface area contributed by atoms with E-state index in [4.69, 9.17) is 4.74 Å². The van der Waals surface area contributed by atoms with Gasteiger partial charge in [0, 0.05) is 18.1 Å². The van der Waals surface area contributed by atoms with Crippen molar-refractivity contribution < 1.29 is 9.53 Å². The molecule has 1 atom stereocenters. The number of amides is 1. The van der Waals surface area contributed by atoms with Crippen molar-refractivity contribution in [2.45, 2.75) is 24.3 Å². The van der Waals surface area contributed by atoms with Crippen molar-refractivity contribution in [3.8, 4) is 0 Å². The van der Waals surface area contributed by atoms with Crippen molar-refractivity contribution in [2.75, 3.05) is 13.2 Å². The highest BCUT2D eigenvalue weighted by Gasteiger charge is 2.42. The number of ether oxygens (including phenoxy) is 1. The summed E-state index contributed by atoms with van der Waals surface area (Å²) in [6.07, 6.45) is 1.42. The molecule has 0 bridgehead atoms. The van der Waals surface area contributed by atoms with Gasteiger partial charge in [0.2, 0.25) is 5.91 Å². The van der Waals surface area contributed by atoms with E-state index in [1.165, 1.54) is 0 Å². The van der Waals surface area contributed by atoms with E-state index in [-0.39, 0.29) is 11.9 Å². The first-order chi connectivity index (χ1) is 12.8. The van der Waals surface area contributed by atoms with E-state index >= 15 is 0 Å². The first-order valence-electron chi connectivity index (χ1n) is 8.79. The number of benzene rings is 1. The molecule has 1 aromatic carbocycles. The summed E-state index contributed by atoms with van der Waals surface area (Å²) in [6, 6.07) is 16.3. The zero-order valence-corrected chi connectivity index (χ0v) is 16.0. The van der Waals surface area contributed by atoms with Crippen LogP contribution in [-0.4, -0.2) is 19.1 Å². The summed E-state index contributed by atoms with van der Waals surface area (Å²) in [5.74, 6) is 0.0941. The van der Waals surface area contributed by atoms with Crippen molar-refractivity contribution in [2.24, 2.45) is 0 Å². The summed E-state index contributed by atoms with van der Waals surface area (Å²) in [5.41, 5.74) is 1.70. The van der Waals surface area contributed by atoms with Crippen molar-refractivity contribution in [3.63, 3.8) is 0 Å². The fraction of sp³-hybridized carbons (Fsp3) is 0.286. The smallest absolute Gasteiger partial charge is 0.231 e. The summed E-state index contributed by atoms with van der Waals surface area (Å²) in [6.45, 7) is 1.23. The maximum absolute atomic E-state index is 13.6. The Hall–Kier alpha value is -1.95. The second-order valence-electron chi connectivity index (χ2n) is 6.54. The summed E-state index contributed by atoms with van der Waals surface area (Å²) >= 11 is 3.33. The molecular weight excluding hydrogens is 362 g/mol. The van der Waals surface area contributed by atoms with Crippen LogP contribution in [0.1, 0.15) is 34.9 Å². The molecule has 26 heavy (non-hydrogen) atoms. The highest BCUT2D eigenvalue weighted by Crippen LogP contribution is 2.37. The van der Waals surface area contributed by atoms with Gasteiger partial charge >= 0.3 is 0 Å². The number of hydrogen-bond acceptors (Lipinski definition) is 4. The third kappa shape index (κ3) is 3.34. The van der Waals surface area contributed by atoms with Gasteiger partial charge in [0.15, 0.2) is 0 Å². The van der Waals surface area contributed by atoms with Gasteiger partial charge in [-0.2, -0.15) is 11.3 Å². The van der Waals surface area contributed by atoms with E-state index in [2.05, 4.69) is 45.7 Å². The second kappa shape index (κ2) is 7.74. The van der Waals surface area contributed by atoms with Crippen LogP contribution < -0.4 is 5.32 Å². The monoisotopic (exact) mass is 383 g/mol. The number of carbonyl (C=O) groups is 1. The van der Waals surface area contributed by atoms with Gasteiger partial charge in [0.1, 0.15) is 0 Å². The molecule has 5 heteroatoms.